The minimum atomic E-state index is -2.98. The molecule has 0 amide bonds. The first kappa shape index (κ1) is 16.6. The van der Waals surface area contributed by atoms with Crippen molar-refractivity contribution in [3.63, 3.8) is 0 Å². The number of hydrogen-bond acceptors (Lipinski definition) is 4. The molecule has 5 nitrogen and oxygen atoms in total. The molecule has 1 aliphatic rings. The van der Waals surface area contributed by atoms with E-state index >= 15 is 0 Å². The number of carbonyl (C=O) groups excluding carboxylic acids is 1. The molecule has 24 heavy (non-hydrogen) atoms. The third kappa shape index (κ3) is 3.97. The standard InChI is InChI=1S/C17H18F2N2O3/c18-17(19)24-16-7-13(1-2-14(16)11-22)15-8-20-21(10-15)9-12-3-5-23-6-4-12/h1-2,7-8,10-12,17H,3-6,9H2. The average molecular weight is 336 g/mol. The minimum absolute atomic E-state index is 0.0913. The number of aromatic nitrogens is 2. The highest BCUT2D eigenvalue weighted by molar-refractivity contribution is 5.81. The van der Waals surface area contributed by atoms with E-state index in [1.807, 2.05) is 10.9 Å². The van der Waals surface area contributed by atoms with Crippen molar-refractivity contribution in [2.75, 3.05) is 13.2 Å². The number of rotatable bonds is 6. The van der Waals surface area contributed by atoms with Crippen LogP contribution in [0.25, 0.3) is 11.1 Å². The normalized spacial score (nSPS) is 15.6. The Morgan fingerprint density at radius 3 is 2.83 bits per heavy atom. The summed E-state index contributed by atoms with van der Waals surface area (Å²) in [5, 5.41) is 4.34. The molecular formula is C17H18F2N2O3. The topological polar surface area (TPSA) is 53.4 Å². The van der Waals surface area contributed by atoms with E-state index in [1.54, 1.807) is 12.3 Å². The Morgan fingerprint density at radius 1 is 1.33 bits per heavy atom. The van der Waals surface area contributed by atoms with Crippen LogP contribution in [0.15, 0.2) is 30.6 Å². The number of aldehydes is 1. The summed E-state index contributed by atoms with van der Waals surface area (Å²) >= 11 is 0. The summed E-state index contributed by atoms with van der Waals surface area (Å²) in [5.74, 6) is 0.399. The molecule has 1 aliphatic heterocycles. The van der Waals surface area contributed by atoms with Gasteiger partial charge in [-0.05, 0) is 36.5 Å². The van der Waals surface area contributed by atoms with Crippen LogP contribution in [-0.4, -0.2) is 35.9 Å². The van der Waals surface area contributed by atoms with Crippen molar-refractivity contribution in [1.29, 1.82) is 0 Å². The largest absolute Gasteiger partial charge is 0.434 e. The molecule has 0 N–H and O–H groups in total. The van der Waals surface area contributed by atoms with Crippen molar-refractivity contribution < 1.29 is 23.0 Å². The summed E-state index contributed by atoms with van der Waals surface area (Å²) in [4.78, 5) is 10.9. The Hall–Kier alpha value is -2.28. The summed E-state index contributed by atoms with van der Waals surface area (Å²) in [5.41, 5.74) is 1.56. The maximum absolute atomic E-state index is 12.5. The number of hydrogen-bond donors (Lipinski definition) is 0. The van der Waals surface area contributed by atoms with Gasteiger partial charge in [0.15, 0.2) is 6.29 Å². The molecule has 7 heteroatoms. The Balaban J connectivity index is 1.77. The second-order valence-corrected chi connectivity index (χ2v) is 5.76. The second kappa shape index (κ2) is 7.53. The van der Waals surface area contributed by atoms with Crippen molar-refractivity contribution >= 4 is 6.29 Å². The van der Waals surface area contributed by atoms with Gasteiger partial charge in [-0.25, -0.2) is 0 Å². The lowest BCUT2D eigenvalue weighted by Crippen LogP contribution is -2.20. The Kier molecular flexibility index (Phi) is 5.20. The number of alkyl halides is 2. The van der Waals surface area contributed by atoms with E-state index in [9.17, 15) is 13.6 Å². The van der Waals surface area contributed by atoms with Gasteiger partial charge in [0.2, 0.25) is 0 Å². The van der Waals surface area contributed by atoms with Gasteiger partial charge >= 0.3 is 6.61 Å². The van der Waals surface area contributed by atoms with Crippen LogP contribution in [0.2, 0.25) is 0 Å². The number of benzene rings is 1. The molecule has 2 aromatic rings. The summed E-state index contributed by atoms with van der Waals surface area (Å²) in [7, 11) is 0. The molecule has 128 valence electrons. The summed E-state index contributed by atoms with van der Waals surface area (Å²) in [6.07, 6.45) is 6.07. The van der Waals surface area contributed by atoms with Crippen LogP contribution in [-0.2, 0) is 11.3 Å². The van der Waals surface area contributed by atoms with E-state index in [-0.39, 0.29) is 11.3 Å². The average Bonchev–Trinajstić information content (AvgIpc) is 3.03. The number of ether oxygens (including phenoxy) is 2. The van der Waals surface area contributed by atoms with Crippen LogP contribution in [0.3, 0.4) is 0 Å². The molecule has 1 aromatic carbocycles. The third-order valence-corrected chi connectivity index (χ3v) is 4.11. The molecule has 1 fully saturated rings. The summed E-state index contributed by atoms with van der Waals surface area (Å²) < 4.78 is 36.6. The van der Waals surface area contributed by atoms with E-state index < -0.39 is 6.61 Å². The van der Waals surface area contributed by atoms with Crippen molar-refractivity contribution in [2.24, 2.45) is 5.92 Å². The van der Waals surface area contributed by atoms with Crippen molar-refractivity contribution in [3.05, 3.63) is 36.2 Å². The number of halogens is 2. The van der Waals surface area contributed by atoms with E-state index in [0.717, 1.165) is 38.2 Å². The van der Waals surface area contributed by atoms with E-state index in [4.69, 9.17) is 4.74 Å². The van der Waals surface area contributed by atoms with Gasteiger partial charge in [-0.1, -0.05) is 6.07 Å². The van der Waals surface area contributed by atoms with Crippen LogP contribution in [0.5, 0.6) is 5.75 Å². The molecular weight excluding hydrogens is 318 g/mol. The molecule has 0 radical (unpaired) electrons. The molecule has 0 aliphatic carbocycles. The molecule has 1 saturated heterocycles. The fraction of sp³-hybridized carbons (Fsp3) is 0.412. The number of carbonyl (C=O) groups is 1. The first-order chi connectivity index (χ1) is 11.7. The fourth-order valence-electron chi connectivity index (χ4n) is 2.82. The van der Waals surface area contributed by atoms with Crippen LogP contribution in [0.4, 0.5) is 8.78 Å². The maximum atomic E-state index is 12.5. The monoisotopic (exact) mass is 336 g/mol. The highest BCUT2D eigenvalue weighted by Crippen LogP contribution is 2.28. The predicted octanol–water partition coefficient (Wildman–Crippen LogP) is 3.39. The van der Waals surface area contributed by atoms with Gasteiger partial charge in [0.25, 0.3) is 0 Å². The fourth-order valence-corrected chi connectivity index (χ4v) is 2.82. The number of nitrogens with zero attached hydrogens (tertiary/aromatic N) is 2. The third-order valence-electron chi connectivity index (χ3n) is 4.11. The van der Waals surface area contributed by atoms with Gasteiger partial charge in [0.05, 0.1) is 11.8 Å². The Labute approximate surface area is 138 Å². The molecule has 2 heterocycles. The highest BCUT2D eigenvalue weighted by atomic mass is 19.3. The van der Waals surface area contributed by atoms with E-state index in [0.29, 0.717) is 17.8 Å². The quantitative estimate of drug-likeness (QED) is 0.759. The van der Waals surface area contributed by atoms with Gasteiger partial charge in [0, 0.05) is 31.5 Å². The molecule has 1 aromatic heterocycles. The van der Waals surface area contributed by atoms with Gasteiger partial charge in [-0.15, -0.1) is 0 Å². The van der Waals surface area contributed by atoms with Crippen molar-refractivity contribution in [3.8, 4) is 16.9 Å². The zero-order chi connectivity index (χ0) is 16.9. The first-order valence-electron chi connectivity index (χ1n) is 7.80. The van der Waals surface area contributed by atoms with E-state index in [1.165, 1.54) is 12.1 Å². The highest BCUT2D eigenvalue weighted by Gasteiger charge is 2.16. The molecule has 0 bridgehead atoms. The van der Waals surface area contributed by atoms with Crippen molar-refractivity contribution in [1.82, 2.24) is 9.78 Å². The van der Waals surface area contributed by atoms with Crippen LogP contribution in [0.1, 0.15) is 23.2 Å². The van der Waals surface area contributed by atoms with Crippen LogP contribution >= 0.6 is 0 Å². The second-order valence-electron chi connectivity index (χ2n) is 5.76. The molecule has 0 spiro atoms. The molecule has 3 rings (SSSR count). The molecule has 0 saturated carbocycles. The lowest BCUT2D eigenvalue weighted by molar-refractivity contribution is -0.0500. The molecule has 0 unspecified atom stereocenters. The van der Waals surface area contributed by atoms with Gasteiger partial charge in [-0.3, -0.25) is 9.48 Å². The van der Waals surface area contributed by atoms with E-state index in [2.05, 4.69) is 9.84 Å². The van der Waals surface area contributed by atoms with Crippen molar-refractivity contribution in [2.45, 2.75) is 26.0 Å². The Morgan fingerprint density at radius 2 is 2.12 bits per heavy atom. The smallest absolute Gasteiger partial charge is 0.387 e. The summed E-state index contributed by atoms with van der Waals surface area (Å²) in [6.45, 7) is -0.619. The van der Waals surface area contributed by atoms with Gasteiger partial charge in [0.1, 0.15) is 5.75 Å². The lowest BCUT2D eigenvalue weighted by Gasteiger charge is -2.21. The Bertz CT molecular complexity index is 697. The van der Waals surface area contributed by atoms with Crippen LogP contribution < -0.4 is 4.74 Å². The minimum Gasteiger partial charge on any atom is -0.434 e. The van der Waals surface area contributed by atoms with Gasteiger partial charge < -0.3 is 9.47 Å². The maximum Gasteiger partial charge on any atom is 0.387 e. The van der Waals surface area contributed by atoms with Crippen LogP contribution in [0, 0.1) is 5.92 Å². The summed E-state index contributed by atoms with van der Waals surface area (Å²) in [6, 6.07) is 4.60. The molecule has 0 atom stereocenters. The first-order valence-corrected chi connectivity index (χ1v) is 7.80. The van der Waals surface area contributed by atoms with Gasteiger partial charge in [-0.2, -0.15) is 13.9 Å². The SMILES string of the molecule is O=Cc1ccc(-c2cnn(CC3CCOCC3)c2)cc1OC(F)F. The lowest BCUT2D eigenvalue weighted by atomic mass is 10.0. The zero-order valence-corrected chi connectivity index (χ0v) is 13.0. The predicted molar refractivity (Wildman–Crippen MR) is 83.2 cm³/mol. The zero-order valence-electron chi connectivity index (χ0n) is 13.0.